The Kier molecular flexibility index (Phi) is 4.85. The van der Waals surface area contributed by atoms with Crippen LogP contribution in [0.15, 0.2) is 48.7 Å². The van der Waals surface area contributed by atoms with Crippen LogP contribution in [0.1, 0.15) is 47.3 Å². The molecule has 3 aromatic rings. The number of benzene rings is 1. The molecule has 1 aromatic carbocycles. The average Bonchev–Trinajstić information content (AvgIpc) is 3.16. The molecule has 26 heavy (non-hydrogen) atoms. The summed E-state index contributed by atoms with van der Waals surface area (Å²) in [5.74, 6) is -0.0851. The van der Waals surface area contributed by atoms with E-state index in [9.17, 15) is 4.79 Å². The lowest BCUT2D eigenvalue weighted by molar-refractivity contribution is 0.0933. The maximum Gasteiger partial charge on any atom is 0.270 e. The molecule has 1 amide bonds. The quantitative estimate of drug-likeness (QED) is 0.690. The van der Waals surface area contributed by atoms with Crippen LogP contribution in [0.3, 0.4) is 0 Å². The summed E-state index contributed by atoms with van der Waals surface area (Å²) < 4.78 is 0. The SMILES string of the molecule is O=C(NC1CCCC1)c1cc(Cc2ccc(Cl)nc2)c2ccccc2n1. The maximum absolute atomic E-state index is 12.7. The number of rotatable bonds is 4. The third-order valence-corrected chi connectivity index (χ3v) is 5.13. The molecule has 1 saturated carbocycles. The van der Waals surface area contributed by atoms with Crippen molar-refractivity contribution < 1.29 is 4.79 Å². The molecule has 132 valence electrons. The van der Waals surface area contributed by atoms with Crippen molar-refractivity contribution in [2.75, 3.05) is 0 Å². The Balaban J connectivity index is 1.68. The molecular formula is C21H20ClN3O. The number of para-hydroxylation sites is 1. The van der Waals surface area contributed by atoms with E-state index in [-0.39, 0.29) is 11.9 Å². The Morgan fingerprint density at radius 2 is 1.96 bits per heavy atom. The molecule has 0 unspecified atom stereocenters. The first-order chi connectivity index (χ1) is 12.7. The van der Waals surface area contributed by atoms with Crippen LogP contribution in [0, 0.1) is 0 Å². The standard InChI is InChI=1S/C21H20ClN3O/c22-20-10-9-14(13-23-20)11-15-12-19(21(26)24-16-5-1-2-6-16)25-18-8-4-3-7-17(15)18/h3-4,7-10,12-13,16H,1-2,5-6,11H2,(H,24,26). The Morgan fingerprint density at radius 3 is 2.73 bits per heavy atom. The number of hydrogen-bond donors (Lipinski definition) is 1. The second-order valence-electron chi connectivity index (χ2n) is 6.80. The number of carbonyl (C=O) groups is 1. The fourth-order valence-electron chi connectivity index (χ4n) is 3.57. The molecule has 4 nitrogen and oxygen atoms in total. The van der Waals surface area contributed by atoms with E-state index >= 15 is 0 Å². The van der Waals surface area contributed by atoms with Crippen molar-refractivity contribution in [3.05, 3.63) is 70.6 Å². The molecule has 1 aliphatic carbocycles. The first-order valence-electron chi connectivity index (χ1n) is 8.99. The first kappa shape index (κ1) is 17.0. The predicted molar refractivity (Wildman–Crippen MR) is 104 cm³/mol. The van der Waals surface area contributed by atoms with Gasteiger partial charge in [-0.15, -0.1) is 0 Å². The number of amides is 1. The van der Waals surface area contributed by atoms with Crippen molar-refractivity contribution in [1.82, 2.24) is 15.3 Å². The second kappa shape index (κ2) is 7.42. The van der Waals surface area contributed by atoms with Crippen LogP contribution in [-0.2, 0) is 6.42 Å². The van der Waals surface area contributed by atoms with Crippen LogP contribution in [0.25, 0.3) is 10.9 Å². The van der Waals surface area contributed by atoms with Crippen LogP contribution in [0.5, 0.6) is 0 Å². The van der Waals surface area contributed by atoms with Crippen LogP contribution in [0.4, 0.5) is 0 Å². The van der Waals surface area contributed by atoms with Crippen molar-refractivity contribution in [3.63, 3.8) is 0 Å². The van der Waals surface area contributed by atoms with E-state index < -0.39 is 0 Å². The van der Waals surface area contributed by atoms with Gasteiger partial charge in [0, 0.05) is 17.6 Å². The number of fused-ring (bicyclic) bond motifs is 1. The number of pyridine rings is 2. The molecule has 0 aliphatic heterocycles. The fourth-order valence-corrected chi connectivity index (χ4v) is 3.68. The minimum absolute atomic E-state index is 0.0851. The minimum atomic E-state index is -0.0851. The van der Waals surface area contributed by atoms with E-state index in [0.717, 1.165) is 34.9 Å². The number of aromatic nitrogens is 2. The van der Waals surface area contributed by atoms with Crippen LogP contribution < -0.4 is 5.32 Å². The van der Waals surface area contributed by atoms with Crippen molar-refractivity contribution in [2.45, 2.75) is 38.1 Å². The van der Waals surface area contributed by atoms with Gasteiger partial charge in [0.2, 0.25) is 0 Å². The van der Waals surface area contributed by atoms with Gasteiger partial charge in [0.1, 0.15) is 10.8 Å². The summed E-state index contributed by atoms with van der Waals surface area (Å²) in [7, 11) is 0. The lowest BCUT2D eigenvalue weighted by Gasteiger charge is -2.13. The largest absolute Gasteiger partial charge is 0.348 e. The van der Waals surface area contributed by atoms with Crippen molar-refractivity contribution in [1.29, 1.82) is 0 Å². The van der Waals surface area contributed by atoms with Gasteiger partial charge in [-0.2, -0.15) is 0 Å². The number of nitrogens with zero attached hydrogens (tertiary/aromatic N) is 2. The van der Waals surface area contributed by atoms with Crippen LogP contribution in [-0.4, -0.2) is 21.9 Å². The van der Waals surface area contributed by atoms with Gasteiger partial charge in [-0.1, -0.05) is 48.7 Å². The summed E-state index contributed by atoms with van der Waals surface area (Å²) in [5, 5.41) is 4.66. The smallest absolute Gasteiger partial charge is 0.270 e. The normalized spacial score (nSPS) is 14.7. The summed E-state index contributed by atoms with van der Waals surface area (Å²) in [4.78, 5) is 21.4. The maximum atomic E-state index is 12.7. The molecule has 4 rings (SSSR count). The van der Waals surface area contributed by atoms with Gasteiger partial charge in [0.15, 0.2) is 0 Å². The van der Waals surface area contributed by atoms with Gasteiger partial charge in [0.05, 0.1) is 5.52 Å². The zero-order valence-electron chi connectivity index (χ0n) is 14.4. The Labute approximate surface area is 157 Å². The fraction of sp³-hybridized carbons (Fsp3) is 0.286. The molecule has 2 heterocycles. The van der Waals surface area contributed by atoms with Crippen molar-refractivity contribution in [2.24, 2.45) is 0 Å². The summed E-state index contributed by atoms with van der Waals surface area (Å²) in [5.41, 5.74) is 3.43. The van der Waals surface area contributed by atoms with Gasteiger partial charge >= 0.3 is 0 Å². The molecule has 1 N–H and O–H groups in total. The lowest BCUT2D eigenvalue weighted by Crippen LogP contribution is -2.33. The van der Waals surface area contributed by atoms with E-state index in [2.05, 4.69) is 15.3 Å². The summed E-state index contributed by atoms with van der Waals surface area (Å²) in [6.07, 6.45) is 6.94. The van der Waals surface area contributed by atoms with Crippen LogP contribution >= 0.6 is 11.6 Å². The van der Waals surface area contributed by atoms with E-state index in [4.69, 9.17) is 11.6 Å². The van der Waals surface area contributed by atoms with E-state index in [1.54, 1.807) is 12.3 Å². The van der Waals surface area contributed by atoms with Crippen molar-refractivity contribution >= 4 is 28.4 Å². The topological polar surface area (TPSA) is 54.9 Å². The first-order valence-corrected chi connectivity index (χ1v) is 9.37. The highest BCUT2D eigenvalue weighted by molar-refractivity contribution is 6.29. The van der Waals surface area contributed by atoms with Gasteiger partial charge in [-0.05, 0) is 48.6 Å². The highest BCUT2D eigenvalue weighted by Crippen LogP contribution is 2.23. The zero-order valence-corrected chi connectivity index (χ0v) is 15.2. The summed E-state index contributed by atoms with van der Waals surface area (Å²) in [6, 6.07) is 13.9. The van der Waals surface area contributed by atoms with Gasteiger partial charge in [0.25, 0.3) is 5.91 Å². The molecule has 0 saturated heterocycles. The number of carbonyl (C=O) groups excluding carboxylic acids is 1. The molecule has 0 atom stereocenters. The number of nitrogens with one attached hydrogen (secondary N) is 1. The highest BCUT2D eigenvalue weighted by atomic mass is 35.5. The highest BCUT2D eigenvalue weighted by Gasteiger charge is 2.19. The molecule has 2 aromatic heterocycles. The zero-order chi connectivity index (χ0) is 17.9. The molecule has 0 spiro atoms. The van der Waals surface area contributed by atoms with Gasteiger partial charge in [-0.3, -0.25) is 4.79 Å². The van der Waals surface area contributed by atoms with Crippen LogP contribution in [0.2, 0.25) is 5.15 Å². The monoisotopic (exact) mass is 365 g/mol. The lowest BCUT2D eigenvalue weighted by atomic mass is 10.0. The molecule has 0 bridgehead atoms. The molecule has 1 fully saturated rings. The van der Waals surface area contributed by atoms with Gasteiger partial charge in [-0.25, -0.2) is 9.97 Å². The van der Waals surface area contributed by atoms with Gasteiger partial charge < -0.3 is 5.32 Å². The third-order valence-electron chi connectivity index (χ3n) is 4.91. The van der Waals surface area contributed by atoms with E-state index in [1.165, 1.54) is 12.8 Å². The molecule has 0 radical (unpaired) electrons. The Morgan fingerprint density at radius 1 is 1.15 bits per heavy atom. The van der Waals surface area contributed by atoms with Crippen molar-refractivity contribution in [3.8, 4) is 0 Å². The predicted octanol–water partition coefficient (Wildman–Crippen LogP) is 4.55. The molecular weight excluding hydrogens is 346 g/mol. The summed E-state index contributed by atoms with van der Waals surface area (Å²) >= 11 is 5.88. The molecule has 1 aliphatic rings. The minimum Gasteiger partial charge on any atom is -0.348 e. The average molecular weight is 366 g/mol. The third kappa shape index (κ3) is 3.70. The van der Waals surface area contributed by atoms with E-state index in [1.807, 2.05) is 36.4 Å². The van der Waals surface area contributed by atoms with E-state index in [0.29, 0.717) is 17.3 Å². The second-order valence-corrected chi connectivity index (χ2v) is 7.19. The number of halogens is 1. The Hall–Kier alpha value is -2.46. The Bertz CT molecular complexity index is 934. The summed E-state index contributed by atoms with van der Waals surface area (Å²) in [6.45, 7) is 0. The molecule has 5 heteroatoms. The number of hydrogen-bond acceptors (Lipinski definition) is 3.